The van der Waals surface area contributed by atoms with Crippen LogP contribution < -0.4 is 9.64 Å². The summed E-state index contributed by atoms with van der Waals surface area (Å²) < 4.78 is 41.3. The fourth-order valence-electron chi connectivity index (χ4n) is 3.24. The van der Waals surface area contributed by atoms with Gasteiger partial charge in [-0.15, -0.1) is 13.2 Å². The Morgan fingerprint density at radius 3 is 2.56 bits per heavy atom. The highest BCUT2D eigenvalue weighted by molar-refractivity contribution is 5.92. The molecule has 0 aromatic heterocycles. The summed E-state index contributed by atoms with van der Waals surface area (Å²) in [6, 6.07) is 4.40. The third-order valence-corrected chi connectivity index (χ3v) is 4.56. The number of nitrogens with zero attached hydrogens (tertiary/aromatic N) is 3. The van der Waals surface area contributed by atoms with Gasteiger partial charge in [-0.05, 0) is 25.5 Å². The van der Waals surface area contributed by atoms with E-state index in [4.69, 9.17) is 0 Å². The van der Waals surface area contributed by atoms with Crippen molar-refractivity contribution in [2.45, 2.75) is 38.7 Å². The number of carbonyl (C=O) groups excluding carboxylic acids is 2. The molecule has 0 saturated carbocycles. The number of rotatable bonds is 5. The van der Waals surface area contributed by atoms with Gasteiger partial charge in [0, 0.05) is 38.9 Å². The van der Waals surface area contributed by atoms with Crippen molar-refractivity contribution in [1.82, 2.24) is 9.80 Å². The molecule has 0 radical (unpaired) electrons. The van der Waals surface area contributed by atoms with E-state index in [1.807, 2.05) is 6.92 Å². The van der Waals surface area contributed by atoms with Gasteiger partial charge < -0.3 is 19.4 Å². The molecule has 1 aromatic rings. The highest BCUT2D eigenvalue weighted by atomic mass is 19.4. The molecular weight excluding hydrogens is 363 g/mol. The number of benzene rings is 1. The van der Waals surface area contributed by atoms with Crippen molar-refractivity contribution in [3.05, 3.63) is 24.3 Å². The molecule has 1 aliphatic heterocycles. The SMILES string of the molecule is CCC(C(=O)N(C)C)N1CCN(c2cccc(OC(F)(F)F)c2)C(C)C1=O. The third kappa shape index (κ3) is 4.84. The minimum absolute atomic E-state index is 0.146. The van der Waals surface area contributed by atoms with Crippen LogP contribution >= 0.6 is 0 Å². The van der Waals surface area contributed by atoms with E-state index < -0.39 is 18.4 Å². The maximum absolute atomic E-state index is 12.9. The van der Waals surface area contributed by atoms with Gasteiger partial charge in [-0.2, -0.15) is 0 Å². The number of amides is 2. The van der Waals surface area contributed by atoms with Crippen LogP contribution in [-0.4, -0.2) is 67.2 Å². The topological polar surface area (TPSA) is 53.1 Å². The number of ether oxygens (including phenoxy) is 1. The average molecular weight is 387 g/mol. The summed E-state index contributed by atoms with van der Waals surface area (Å²) >= 11 is 0. The summed E-state index contributed by atoms with van der Waals surface area (Å²) in [5.41, 5.74) is 0.462. The Hall–Kier alpha value is -2.45. The number of halogens is 3. The maximum atomic E-state index is 12.9. The van der Waals surface area contributed by atoms with Crippen LogP contribution in [0.1, 0.15) is 20.3 Å². The quantitative estimate of drug-likeness (QED) is 0.779. The standard InChI is InChI=1S/C18H24F3N3O3/c1-5-15(17(26)22(3)4)24-10-9-23(12(2)16(24)25)13-7-6-8-14(11-13)27-18(19,20)21/h6-8,11-12,15H,5,9-10H2,1-4H3. The Balaban J connectivity index is 2.19. The zero-order valence-electron chi connectivity index (χ0n) is 15.8. The summed E-state index contributed by atoms with van der Waals surface area (Å²) in [7, 11) is 3.28. The Bertz CT molecular complexity index is 694. The van der Waals surface area contributed by atoms with Crippen LogP contribution in [0.2, 0.25) is 0 Å². The monoisotopic (exact) mass is 387 g/mol. The number of alkyl halides is 3. The molecule has 9 heteroatoms. The molecule has 2 amide bonds. The normalized spacial score (nSPS) is 19.1. The molecule has 1 fully saturated rings. The number of hydrogen-bond donors (Lipinski definition) is 0. The van der Waals surface area contributed by atoms with Gasteiger partial charge in [-0.25, -0.2) is 0 Å². The van der Waals surface area contributed by atoms with Crippen LogP contribution in [0.25, 0.3) is 0 Å². The van der Waals surface area contributed by atoms with Crippen molar-refractivity contribution in [2.24, 2.45) is 0 Å². The van der Waals surface area contributed by atoms with E-state index in [1.54, 1.807) is 36.9 Å². The second kappa shape index (κ2) is 8.06. The number of carbonyl (C=O) groups is 2. The van der Waals surface area contributed by atoms with Crippen molar-refractivity contribution in [2.75, 3.05) is 32.1 Å². The molecule has 1 saturated heterocycles. The van der Waals surface area contributed by atoms with E-state index in [9.17, 15) is 22.8 Å². The first-order valence-corrected chi connectivity index (χ1v) is 8.69. The minimum atomic E-state index is -4.78. The molecular formula is C18H24F3N3O3. The van der Waals surface area contributed by atoms with Crippen LogP contribution in [0, 0.1) is 0 Å². The Labute approximate surface area is 156 Å². The average Bonchev–Trinajstić information content (AvgIpc) is 2.57. The smallest absolute Gasteiger partial charge is 0.406 e. The lowest BCUT2D eigenvalue weighted by Crippen LogP contribution is -2.61. The van der Waals surface area contributed by atoms with E-state index in [-0.39, 0.29) is 17.6 Å². The van der Waals surface area contributed by atoms with Crippen molar-refractivity contribution in [1.29, 1.82) is 0 Å². The Morgan fingerprint density at radius 1 is 1.33 bits per heavy atom. The van der Waals surface area contributed by atoms with Crippen molar-refractivity contribution >= 4 is 17.5 Å². The van der Waals surface area contributed by atoms with E-state index >= 15 is 0 Å². The number of likely N-dealkylation sites (N-methyl/N-ethyl adjacent to an activating group) is 1. The van der Waals surface area contributed by atoms with E-state index in [1.165, 1.54) is 23.1 Å². The molecule has 2 rings (SSSR count). The van der Waals surface area contributed by atoms with Crippen LogP contribution in [0.4, 0.5) is 18.9 Å². The summed E-state index contributed by atoms with van der Waals surface area (Å²) in [6.07, 6.45) is -4.29. The van der Waals surface area contributed by atoms with Crippen LogP contribution in [0.5, 0.6) is 5.75 Å². The highest BCUT2D eigenvalue weighted by Crippen LogP contribution is 2.29. The summed E-state index contributed by atoms with van der Waals surface area (Å²) in [5, 5.41) is 0. The van der Waals surface area contributed by atoms with E-state index in [0.29, 0.717) is 25.2 Å². The third-order valence-electron chi connectivity index (χ3n) is 4.56. The minimum Gasteiger partial charge on any atom is -0.406 e. The largest absolute Gasteiger partial charge is 0.573 e. The first-order chi connectivity index (χ1) is 12.5. The summed E-state index contributed by atoms with van der Waals surface area (Å²) in [6.45, 7) is 4.23. The fraction of sp³-hybridized carbons (Fsp3) is 0.556. The molecule has 2 unspecified atom stereocenters. The Morgan fingerprint density at radius 2 is 2.00 bits per heavy atom. The zero-order valence-corrected chi connectivity index (χ0v) is 15.8. The second-order valence-electron chi connectivity index (χ2n) is 6.60. The molecule has 0 N–H and O–H groups in total. The molecule has 1 heterocycles. The first kappa shape index (κ1) is 20.9. The van der Waals surface area contributed by atoms with Gasteiger partial charge in [0.25, 0.3) is 0 Å². The lowest BCUT2D eigenvalue weighted by atomic mass is 10.1. The summed E-state index contributed by atoms with van der Waals surface area (Å²) in [4.78, 5) is 29.9. The van der Waals surface area contributed by atoms with Gasteiger partial charge in [-0.3, -0.25) is 9.59 Å². The van der Waals surface area contributed by atoms with Gasteiger partial charge in [0.2, 0.25) is 11.8 Å². The van der Waals surface area contributed by atoms with Crippen molar-refractivity contribution in [3.8, 4) is 5.75 Å². The molecule has 0 aliphatic carbocycles. The first-order valence-electron chi connectivity index (χ1n) is 8.69. The second-order valence-corrected chi connectivity index (χ2v) is 6.60. The summed E-state index contributed by atoms with van der Waals surface area (Å²) in [5.74, 6) is -0.714. The molecule has 1 aliphatic rings. The number of hydrogen-bond acceptors (Lipinski definition) is 4. The van der Waals surface area contributed by atoms with Crippen molar-refractivity contribution in [3.63, 3.8) is 0 Å². The lowest BCUT2D eigenvalue weighted by Gasteiger charge is -2.43. The molecule has 1 aromatic carbocycles. The zero-order chi connectivity index (χ0) is 20.4. The Kier molecular flexibility index (Phi) is 6.22. The van der Waals surface area contributed by atoms with Gasteiger partial charge in [0.05, 0.1) is 0 Å². The van der Waals surface area contributed by atoms with Gasteiger partial charge in [0.1, 0.15) is 17.8 Å². The van der Waals surface area contributed by atoms with Crippen LogP contribution in [-0.2, 0) is 9.59 Å². The molecule has 2 atom stereocenters. The number of anilines is 1. The van der Waals surface area contributed by atoms with Gasteiger partial charge in [0.15, 0.2) is 0 Å². The van der Waals surface area contributed by atoms with E-state index in [2.05, 4.69) is 4.74 Å². The molecule has 6 nitrogen and oxygen atoms in total. The number of piperazine rings is 1. The predicted octanol–water partition coefficient (Wildman–Crippen LogP) is 2.49. The van der Waals surface area contributed by atoms with Gasteiger partial charge >= 0.3 is 6.36 Å². The molecule has 27 heavy (non-hydrogen) atoms. The highest BCUT2D eigenvalue weighted by Gasteiger charge is 2.38. The fourth-order valence-corrected chi connectivity index (χ4v) is 3.24. The molecule has 0 spiro atoms. The van der Waals surface area contributed by atoms with Crippen molar-refractivity contribution < 1.29 is 27.5 Å². The predicted molar refractivity (Wildman–Crippen MR) is 94.4 cm³/mol. The molecule has 0 bridgehead atoms. The van der Waals surface area contributed by atoms with Gasteiger partial charge in [-0.1, -0.05) is 13.0 Å². The van der Waals surface area contributed by atoms with E-state index in [0.717, 1.165) is 0 Å². The lowest BCUT2D eigenvalue weighted by molar-refractivity contribution is -0.274. The maximum Gasteiger partial charge on any atom is 0.573 e. The molecule has 150 valence electrons. The van der Waals surface area contributed by atoms with Crippen LogP contribution in [0.15, 0.2) is 24.3 Å². The van der Waals surface area contributed by atoms with Crippen LogP contribution in [0.3, 0.4) is 0 Å².